The van der Waals surface area contributed by atoms with Gasteiger partial charge in [0.05, 0.1) is 6.04 Å². The number of aromatic nitrogens is 3. The highest BCUT2D eigenvalue weighted by molar-refractivity contribution is 5.97. The molecule has 3 heterocycles. The summed E-state index contributed by atoms with van der Waals surface area (Å²) in [5.41, 5.74) is 2.54. The summed E-state index contributed by atoms with van der Waals surface area (Å²) < 4.78 is 0. The second-order valence-corrected chi connectivity index (χ2v) is 9.39. The Balaban J connectivity index is 1.35. The summed E-state index contributed by atoms with van der Waals surface area (Å²) >= 11 is 0. The van der Waals surface area contributed by atoms with Crippen LogP contribution in [0.4, 0.5) is 0 Å². The van der Waals surface area contributed by atoms with E-state index in [4.69, 9.17) is 0 Å². The van der Waals surface area contributed by atoms with Crippen molar-refractivity contribution in [2.75, 3.05) is 32.7 Å². The molecule has 2 fully saturated rings. The van der Waals surface area contributed by atoms with Crippen molar-refractivity contribution in [3.63, 3.8) is 0 Å². The number of hydrogen-bond donors (Lipinski definition) is 3. The zero-order valence-electron chi connectivity index (χ0n) is 20.2. The first-order valence-electron chi connectivity index (χ1n) is 12.6. The number of amides is 3. The van der Waals surface area contributed by atoms with Crippen molar-refractivity contribution in [1.29, 1.82) is 0 Å². The molecule has 2 aliphatic heterocycles. The summed E-state index contributed by atoms with van der Waals surface area (Å²) in [5.74, 6) is -0.153. The Labute approximate surface area is 209 Å². The van der Waals surface area contributed by atoms with Gasteiger partial charge in [-0.3, -0.25) is 14.4 Å². The van der Waals surface area contributed by atoms with Gasteiger partial charge in [0.25, 0.3) is 11.8 Å². The number of nitrogens with zero attached hydrogens (tertiary/aromatic N) is 4. The Morgan fingerprint density at radius 1 is 0.861 bits per heavy atom. The van der Waals surface area contributed by atoms with Crippen molar-refractivity contribution >= 4 is 28.8 Å². The van der Waals surface area contributed by atoms with Crippen LogP contribution < -0.4 is 10.6 Å². The minimum atomic E-state index is -0.298. The van der Waals surface area contributed by atoms with Crippen LogP contribution in [0.3, 0.4) is 0 Å². The van der Waals surface area contributed by atoms with E-state index in [1.54, 1.807) is 18.2 Å². The molecule has 1 aromatic heterocycles. The topological polar surface area (TPSA) is 123 Å². The molecule has 2 aromatic carbocycles. The molecule has 0 radical (unpaired) electrons. The molecule has 188 valence electrons. The SMILES string of the molecule is O=C1NCCCCN(C(=O)c2ccc3n[nH]nc3c2)CCCN(C(=O)c2ccccc2)[C@@H]2CN[C@H]1C2. The van der Waals surface area contributed by atoms with Gasteiger partial charge >= 0.3 is 0 Å². The third kappa shape index (κ3) is 5.23. The molecule has 5 rings (SSSR count). The molecule has 2 atom stereocenters. The van der Waals surface area contributed by atoms with Crippen molar-refractivity contribution in [3.8, 4) is 0 Å². The number of H-pyrrole nitrogens is 1. The molecule has 0 spiro atoms. The van der Waals surface area contributed by atoms with E-state index in [2.05, 4.69) is 26.0 Å². The predicted octanol–water partition coefficient (Wildman–Crippen LogP) is 1.57. The maximum absolute atomic E-state index is 13.4. The normalized spacial score (nSPS) is 21.7. The van der Waals surface area contributed by atoms with E-state index >= 15 is 0 Å². The van der Waals surface area contributed by atoms with Crippen LogP contribution in [0.5, 0.6) is 0 Å². The van der Waals surface area contributed by atoms with Gasteiger partial charge in [0.15, 0.2) is 0 Å². The maximum atomic E-state index is 13.4. The summed E-state index contributed by atoms with van der Waals surface area (Å²) in [4.78, 5) is 43.3. The minimum absolute atomic E-state index is 0.0319. The number of nitrogens with one attached hydrogen (secondary N) is 3. The van der Waals surface area contributed by atoms with Crippen LogP contribution in [0, 0.1) is 0 Å². The number of carbonyl (C=O) groups is 3. The highest BCUT2D eigenvalue weighted by Crippen LogP contribution is 2.19. The number of fused-ring (bicyclic) bond motifs is 3. The molecule has 0 unspecified atom stereocenters. The molecule has 3 aromatic rings. The van der Waals surface area contributed by atoms with E-state index in [1.807, 2.05) is 40.1 Å². The molecule has 0 saturated carbocycles. The Kier molecular flexibility index (Phi) is 7.22. The van der Waals surface area contributed by atoms with Crippen molar-refractivity contribution < 1.29 is 14.4 Å². The number of rotatable bonds is 2. The van der Waals surface area contributed by atoms with Gasteiger partial charge < -0.3 is 20.4 Å². The molecule has 3 N–H and O–H groups in total. The fourth-order valence-corrected chi connectivity index (χ4v) is 5.02. The van der Waals surface area contributed by atoms with E-state index < -0.39 is 0 Å². The monoisotopic (exact) mass is 489 g/mol. The quantitative estimate of drug-likeness (QED) is 0.502. The first kappa shape index (κ1) is 23.9. The molecule has 0 aliphatic carbocycles. The molecule has 10 nitrogen and oxygen atoms in total. The van der Waals surface area contributed by atoms with Gasteiger partial charge in [0.2, 0.25) is 5.91 Å². The standard InChI is InChI=1S/C26H31N7O3/c34-24-23-16-20(17-28-23)33(26(36)18-7-2-1-3-8-18)14-6-13-32(12-5-4-11-27-24)25(35)19-9-10-21-22(15-19)30-31-29-21/h1-3,7-10,15,20,23,28H,4-6,11-14,16-17H2,(H,27,34)(H,29,30,31)/t20-,23-/m0/s1. The highest BCUT2D eigenvalue weighted by atomic mass is 16.2. The molecular weight excluding hydrogens is 458 g/mol. The summed E-state index contributed by atoms with van der Waals surface area (Å²) in [6.07, 6.45) is 2.77. The molecular formula is C26H31N7O3. The van der Waals surface area contributed by atoms with Crippen molar-refractivity contribution in [1.82, 2.24) is 35.8 Å². The molecule has 2 bridgehead atoms. The van der Waals surface area contributed by atoms with Crippen LogP contribution in [-0.2, 0) is 4.79 Å². The minimum Gasteiger partial charge on any atom is -0.355 e. The molecule has 2 aliphatic rings. The first-order chi connectivity index (χ1) is 17.6. The summed E-state index contributed by atoms with van der Waals surface area (Å²) in [5, 5.41) is 17.0. The van der Waals surface area contributed by atoms with E-state index in [1.165, 1.54) is 0 Å². The molecule has 3 amide bonds. The lowest BCUT2D eigenvalue weighted by atomic mass is 10.1. The van der Waals surface area contributed by atoms with E-state index in [-0.39, 0.29) is 29.8 Å². The lowest BCUT2D eigenvalue weighted by Gasteiger charge is -2.31. The summed E-state index contributed by atoms with van der Waals surface area (Å²) in [7, 11) is 0. The number of benzene rings is 2. The number of carbonyl (C=O) groups excluding carboxylic acids is 3. The van der Waals surface area contributed by atoms with Gasteiger partial charge in [-0.1, -0.05) is 18.2 Å². The lowest BCUT2D eigenvalue weighted by molar-refractivity contribution is -0.122. The van der Waals surface area contributed by atoms with Crippen molar-refractivity contribution in [2.45, 2.75) is 37.8 Å². The van der Waals surface area contributed by atoms with Crippen LogP contribution in [0.15, 0.2) is 48.5 Å². The Morgan fingerprint density at radius 2 is 1.67 bits per heavy atom. The van der Waals surface area contributed by atoms with E-state index in [9.17, 15) is 14.4 Å². The van der Waals surface area contributed by atoms with Gasteiger partial charge in [-0.2, -0.15) is 15.4 Å². The predicted molar refractivity (Wildman–Crippen MR) is 134 cm³/mol. The summed E-state index contributed by atoms with van der Waals surface area (Å²) in [6.45, 7) is 2.73. The zero-order valence-corrected chi connectivity index (χ0v) is 20.2. The Hall–Kier alpha value is -3.79. The largest absolute Gasteiger partial charge is 0.355 e. The highest BCUT2D eigenvalue weighted by Gasteiger charge is 2.35. The second-order valence-electron chi connectivity index (χ2n) is 9.39. The van der Waals surface area contributed by atoms with Crippen molar-refractivity contribution in [2.24, 2.45) is 0 Å². The van der Waals surface area contributed by atoms with Crippen LogP contribution >= 0.6 is 0 Å². The maximum Gasteiger partial charge on any atom is 0.254 e. The van der Waals surface area contributed by atoms with Crippen LogP contribution in [-0.4, -0.2) is 87.7 Å². The lowest BCUT2D eigenvalue weighted by Crippen LogP contribution is -2.44. The van der Waals surface area contributed by atoms with Gasteiger partial charge in [0, 0.05) is 49.9 Å². The molecule has 10 heteroatoms. The first-order valence-corrected chi connectivity index (χ1v) is 12.6. The van der Waals surface area contributed by atoms with Crippen molar-refractivity contribution in [3.05, 3.63) is 59.7 Å². The fourth-order valence-electron chi connectivity index (χ4n) is 5.02. The van der Waals surface area contributed by atoms with Crippen LogP contribution in [0.1, 0.15) is 46.4 Å². The number of aromatic amines is 1. The average Bonchev–Trinajstić information content (AvgIpc) is 3.58. The second kappa shape index (κ2) is 10.9. The fraction of sp³-hybridized carbons (Fsp3) is 0.423. The molecule has 36 heavy (non-hydrogen) atoms. The third-order valence-corrected chi connectivity index (χ3v) is 6.98. The average molecular weight is 490 g/mol. The summed E-state index contributed by atoms with van der Waals surface area (Å²) in [6, 6.07) is 14.2. The Morgan fingerprint density at radius 3 is 2.53 bits per heavy atom. The van der Waals surface area contributed by atoms with Gasteiger partial charge in [-0.05, 0) is 56.0 Å². The van der Waals surface area contributed by atoms with Crippen LogP contribution in [0.25, 0.3) is 11.0 Å². The smallest absolute Gasteiger partial charge is 0.254 e. The Bertz CT molecular complexity index is 1230. The van der Waals surface area contributed by atoms with Gasteiger partial charge in [0.1, 0.15) is 11.0 Å². The molecule has 2 saturated heterocycles. The zero-order chi connectivity index (χ0) is 24.9. The van der Waals surface area contributed by atoms with E-state index in [0.29, 0.717) is 67.7 Å². The van der Waals surface area contributed by atoms with E-state index in [0.717, 1.165) is 12.8 Å². The number of hydrogen-bond acceptors (Lipinski definition) is 6. The van der Waals surface area contributed by atoms with Crippen LogP contribution in [0.2, 0.25) is 0 Å². The third-order valence-electron chi connectivity index (χ3n) is 6.98. The van der Waals surface area contributed by atoms with Gasteiger partial charge in [-0.15, -0.1) is 0 Å². The van der Waals surface area contributed by atoms with Gasteiger partial charge in [-0.25, -0.2) is 0 Å².